The number of nitrogens with zero attached hydrogens (tertiary/aromatic N) is 6. The predicted octanol–water partition coefficient (Wildman–Crippen LogP) is -0.0110. The Kier molecular flexibility index (Phi) is 3.46. The quantitative estimate of drug-likeness (QED) is 0.773. The van der Waals surface area contributed by atoms with Crippen molar-refractivity contribution in [2.24, 2.45) is 7.05 Å². The summed E-state index contributed by atoms with van der Waals surface area (Å²) in [5.41, 5.74) is 0.783. The van der Waals surface area contributed by atoms with Crippen molar-refractivity contribution in [1.82, 2.24) is 23.9 Å². The van der Waals surface area contributed by atoms with Gasteiger partial charge in [0, 0.05) is 45.5 Å². The van der Waals surface area contributed by atoms with Crippen LogP contribution in [0.5, 0.6) is 0 Å². The summed E-state index contributed by atoms with van der Waals surface area (Å²) in [6.07, 6.45) is 7.78. The molecule has 4 rings (SSSR count). The van der Waals surface area contributed by atoms with Gasteiger partial charge in [-0.3, -0.25) is 14.2 Å². The smallest absolute Gasteiger partial charge is 0.246 e. The summed E-state index contributed by atoms with van der Waals surface area (Å²) in [5.74, 6) is 0.115. The standard InChI is InChI=1S/C14H18N6O3S/c1-17-10-13(6-15-17)24(22,23)18-7-12(8-18)20-9-11(5-16-20)19-4-2-3-14(19)21/h5-6,9-10,12H,2-4,7-8H2,1H3. The largest absolute Gasteiger partial charge is 0.309 e. The molecular weight excluding hydrogens is 332 g/mol. The van der Waals surface area contributed by atoms with E-state index in [0.29, 0.717) is 19.5 Å². The molecule has 2 aliphatic heterocycles. The van der Waals surface area contributed by atoms with Crippen LogP contribution >= 0.6 is 0 Å². The average Bonchev–Trinajstić information content (AvgIpc) is 3.18. The van der Waals surface area contributed by atoms with Crippen LogP contribution < -0.4 is 4.90 Å². The van der Waals surface area contributed by atoms with Crippen LogP contribution in [0.4, 0.5) is 5.69 Å². The fourth-order valence-electron chi connectivity index (χ4n) is 3.05. The van der Waals surface area contributed by atoms with Crippen LogP contribution in [-0.2, 0) is 21.9 Å². The van der Waals surface area contributed by atoms with E-state index < -0.39 is 10.0 Å². The van der Waals surface area contributed by atoms with E-state index in [1.807, 2.05) is 6.20 Å². The molecule has 2 saturated heterocycles. The lowest BCUT2D eigenvalue weighted by Crippen LogP contribution is -2.50. The van der Waals surface area contributed by atoms with E-state index in [1.54, 1.807) is 22.8 Å². The summed E-state index contributed by atoms with van der Waals surface area (Å²) < 4.78 is 29.5. The van der Waals surface area contributed by atoms with E-state index in [-0.39, 0.29) is 16.8 Å². The van der Waals surface area contributed by atoms with Crippen molar-refractivity contribution in [3.05, 3.63) is 24.8 Å². The van der Waals surface area contributed by atoms with Gasteiger partial charge in [0.05, 0.1) is 24.1 Å². The van der Waals surface area contributed by atoms with Gasteiger partial charge >= 0.3 is 0 Å². The first-order chi connectivity index (χ1) is 11.4. The highest BCUT2D eigenvalue weighted by Crippen LogP contribution is 2.29. The molecule has 0 spiro atoms. The highest BCUT2D eigenvalue weighted by molar-refractivity contribution is 7.89. The first kappa shape index (κ1) is 15.3. The Morgan fingerprint density at radius 2 is 1.96 bits per heavy atom. The molecule has 4 heterocycles. The number of aromatic nitrogens is 4. The summed E-state index contributed by atoms with van der Waals surface area (Å²) in [4.78, 5) is 13.7. The number of carbonyl (C=O) groups is 1. The van der Waals surface area contributed by atoms with Crippen LogP contribution in [0.3, 0.4) is 0 Å². The van der Waals surface area contributed by atoms with E-state index in [0.717, 1.165) is 18.7 Å². The van der Waals surface area contributed by atoms with E-state index in [9.17, 15) is 13.2 Å². The van der Waals surface area contributed by atoms with Crippen molar-refractivity contribution in [2.75, 3.05) is 24.5 Å². The van der Waals surface area contributed by atoms with Crippen molar-refractivity contribution in [3.63, 3.8) is 0 Å². The van der Waals surface area contributed by atoms with E-state index in [4.69, 9.17) is 0 Å². The van der Waals surface area contributed by atoms with Gasteiger partial charge in [-0.25, -0.2) is 8.42 Å². The van der Waals surface area contributed by atoms with E-state index in [1.165, 1.54) is 21.4 Å². The Balaban J connectivity index is 1.44. The maximum Gasteiger partial charge on any atom is 0.246 e. The number of aryl methyl sites for hydroxylation is 1. The molecule has 2 aromatic rings. The summed E-state index contributed by atoms with van der Waals surface area (Å²) in [6.45, 7) is 1.45. The third-order valence-electron chi connectivity index (χ3n) is 4.49. The third-order valence-corrected chi connectivity index (χ3v) is 6.28. The molecule has 0 aliphatic carbocycles. The molecule has 2 aliphatic rings. The third kappa shape index (κ3) is 2.42. The molecule has 0 saturated carbocycles. The number of hydrogen-bond donors (Lipinski definition) is 0. The summed E-state index contributed by atoms with van der Waals surface area (Å²) in [7, 11) is -1.81. The molecule has 0 unspecified atom stereocenters. The average molecular weight is 350 g/mol. The molecule has 0 N–H and O–H groups in total. The van der Waals surface area contributed by atoms with Crippen LogP contribution in [-0.4, -0.2) is 57.8 Å². The lowest BCUT2D eigenvalue weighted by atomic mass is 10.2. The van der Waals surface area contributed by atoms with Crippen LogP contribution in [0.15, 0.2) is 29.7 Å². The van der Waals surface area contributed by atoms with Crippen molar-refractivity contribution in [1.29, 1.82) is 0 Å². The molecule has 2 fully saturated rings. The van der Waals surface area contributed by atoms with Gasteiger partial charge < -0.3 is 4.90 Å². The van der Waals surface area contributed by atoms with Gasteiger partial charge in [0.1, 0.15) is 4.90 Å². The highest BCUT2D eigenvalue weighted by Gasteiger charge is 2.39. The molecule has 0 bridgehead atoms. The summed E-state index contributed by atoms with van der Waals surface area (Å²) >= 11 is 0. The van der Waals surface area contributed by atoms with Crippen molar-refractivity contribution >= 4 is 21.6 Å². The number of rotatable bonds is 4. The zero-order valence-electron chi connectivity index (χ0n) is 13.2. The first-order valence-corrected chi connectivity index (χ1v) is 9.22. The van der Waals surface area contributed by atoms with Crippen molar-refractivity contribution < 1.29 is 13.2 Å². The Hall–Kier alpha value is -2.20. The van der Waals surface area contributed by atoms with Crippen LogP contribution in [0.1, 0.15) is 18.9 Å². The number of sulfonamides is 1. The molecule has 2 aromatic heterocycles. The van der Waals surface area contributed by atoms with Gasteiger partial charge in [0.2, 0.25) is 15.9 Å². The number of hydrogen-bond acceptors (Lipinski definition) is 5. The molecule has 128 valence electrons. The highest BCUT2D eigenvalue weighted by atomic mass is 32.2. The lowest BCUT2D eigenvalue weighted by Gasteiger charge is -2.37. The Morgan fingerprint density at radius 1 is 1.17 bits per heavy atom. The van der Waals surface area contributed by atoms with Gasteiger partial charge in [-0.2, -0.15) is 14.5 Å². The molecule has 24 heavy (non-hydrogen) atoms. The van der Waals surface area contributed by atoms with Crippen molar-refractivity contribution in [3.8, 4) is 0 Å². The second-order valence-electron chi connectivity index (χ2n) is 6.15. The van der Waals surface area contributed by atoms with Crippen molar-refractivity contribution in [2.45, 2.75) is 23.8 Å². The minimum atomic E-state index is -3.50. The Morgan fingerprint density at radius 3 is 2.58 bits per heavy atom. The van der Waals surface area contributed by atoms with Gasteiger partial charge in [-0.1, -0.05) is 0 Å². The fourth-order valence-corrected chi connectivity index (χ4v) is 4.55. The Bertz CT molecular complexity index is 880. The van der Waals surface area contributed by atoms with Crippen LogP contribution in [0.2, 0.25) is 0 Å². The van der Waals surface area contributed by atoms with Gasteiger partial charge in [-0.15, -0.1) is 0 Å². The number of anilines is 1. The van der Waals surface area contributed by atoms with Crippen LogP contribution in [0, 0.1) is 0 Å². The normalized spacial score (nSPS) is 19.9. The van der Waals surface area contributed by atoms with Crippen LogP contribution in [0.25, 0.3) is 0 Å². The topological polar surface area (TPSA) is 93.3 Å². The second kappa shape index (κ2) is 5.42. The second-order valence-corrected chi connectivity index (χ2v) is 8.09. The molecule has 9 nitrogen and oxygen atoms in total. The maximum absolute atomic E-state index is 12.5. The van der Waals surface area contributed by atoms with E-state index >= 15 is 0 Å². The molecule has 1 amide bonds. The molecule has 0 aromatic carbocycles. The minimum absolute atomic E-state index is 0.0112. The SMILES string of the molecule is Cn1cc(S(=O)(=O)N2CC(n3cc(N4CCCC4=O)cn3)C2)cn1. The molecule has 0 radical (unpaired) electrons. The molecule has 0 atom stereocenters. The Labute approximate surface area is 139 Å². The van der Waals surface area contributed by atoms with Gasteiger partial charge in [0.25, 0.3) is 0 Å². The zero-order valence-corrected chi connectivity index (χ0v) is 14.1. The number of amides is 1. The predicted molar refractivity (Wildman–Crippen MR) is 84.8 cm³/mol. The maximum atomic E-state index is 12.5. The molecule has 10 heteroatoms. The van der Waals surface area contributed by atoms with Gasteiger partial charge in [0.15, 0.2) is 0 Å². The van der Waals surface area contributed by atoms with Gasteiger partial charge in [-0.05, 0) is 6.42 Å². The summed E-state index contributed by atoms with van der Waals surface area (Å²) in [5, 5.41) is 8.21. The monoisotopic (exact) mass is 350 g/mol. The van der Waals surface area contributed by atoms with E-state index in [2.05, 4.69) is 10.2 Å². The minimum Gasteiger partial charge on any atom is -0.309 e. The summed E-state index contributed by atoms with van der Waals surface area (Å²) in [6, 6.07) is -0.0112. The first-order valence-electron chi connectivity index (χ1n) is 7.78. The zero-order chi connectivity index (χ0) is 16.9. The lowest BCUT2D eigenvalue weighted by molar-refractivity contribution is -0.117. The number of carbonyl (C=O) groups excluding carboxylic acids is 1. The fraction of sp³-hybridized carbons (Fsp3) is 0.500. The molecular formula is C14H18N6O3S.